The van der Waals surface area contributed by atoms with Crippen LogP contribution in [0.5, 0.6) is 0 Å². The minimum absolute atomic E-state index is 0.645. The number of hydrogen-bond donors (Lipinski definition) is 0. The molecule has 0 radical (unpaired) electrons. The van der Waals surface area contributed by atoms with Crippen LogP contribution in [-0.4, -0.2) is 14.6 Å². The fourth-order valence-electron chi connectivity index (χ4n) is 1.95. The average molecular weight is 343 g/mol. The standard InChI is InChI=1S/C14H9BrN4.C2H6/c1-9-6-13(11-4-2-10(7-16)3-5-11)18-14-12(15)8-17-19(9)14;1-2/h2-6,8H,1H3;1-2H3. The molecule has 2 aromatic heterocycles. The molecule has 0 amide bonds. The lowest BCUT2D eigenvalue weighted by Gasteiger charge is -2.05. The van der Waals surface area contributed by atoms with Gasteiger partial charge in [-0.2, -0.15) is 10.4 Å². The van der Waals surface area contributed by atoms with E-state index in [9.17, 15) is 0 Å². The van der Waals surface area contributed by atoms with E-state index in [1.54, 1.807) is 22.8 Å². The maximum Gasteiger partial charge on any atom is 0.170 e. The lowest BCUT2D eigenvalue weighted by atomic mass is 10.1. The van der Waals surface area contributed by atoms with Gasteiger partial charge in [0.2, 0.25) is 0 Å². The summed E-state index contributed by atoms with van der Waals surface area (Å²) in [7, 11) is 0. The largest absolute Gasteiger partial charge is 0.227 e. The van der Waals surface area contributed by atoms with Crippen LogP contribution in [0.15, 0.2) is 41.0 Å². The van der Waals surface area contributed by atoms with Crippen molar-refractivity contribution < 1.29 is 0 Å². The summed E-state index contributed by atoms with van der Waals surface area (Å²) in [6, 6.07) is 11.5. The Labute approximate surface area is 132 Å². The Kier molecular flexibility index (Phi) is 4.71. The van der Waals surface area contributed by atoms with Gasteiger partial charge in [-0.1, -0.05) is 26.0 Å². The van der Waals surface area contributed by atoms with Crippen LogP contribution < -0.4 is 0 Å². The second-order valence-electron chi connectivity index (χ2n) is 4.20. The number of halogens is 1. The van der Waals surface area contributed by atoms with Crippen molar-refractivity contribution in [3.63, 3.8) is 0 Å². The Balaban J connectivity index is 0.000000774. The highest BCUT2D eigenvalue weighted by atomic mass is 79.9. The molecule has 0 saturated carbocycles. The number of nitriles is 1. The summed E-state index contributed by atoms with van der Waals surface area (Å²) in [5.74, 6) is 0. The van der Waals surface area contributed by atoms with Crippen LogP contribution in [0.3, 0.4) is 0 Å². The van der Waals surface area contributed by atoms with Crippen molar-refractivity contribution in [2.75, 3.05) is 0 Å². The fraction of sp³-hybridized carbons (Fsp3) is 0.188. The first-order valence-corrected chi connectivity index (χ1v) is 7.50. The molecule has 2 heterocycles. The van der Waals surface area contributed by atoms with Crippen molar-refractivity contribution in [3.8, 4) is 17.3 Å². The van der Waals surface area contributed by atoms with Gasteiger partial charge in [-0.05, 0) is 41.1 Å². The molecule has 0 bridgehead atoms. The van der Waals surface area contributed by atoms with Crippen molar-refractivity contribution in [2.45, 2.75) is 20.8 Å². The van der Waals surface area contributed by atoms with Crippen molar-refractivity contribution >= 4 is 21.6 Å². The van der Waals surface area contributed by atoms with E-state index in [1.165, 1.54) is 0 Å². The van der Waals surface area contributed by atoms with Gasteiger partial charge >= 0.3 is 0 Å². The Morgan fingerprint density at radius 2 is 1.86 bits per heavy atom. The van der Waals surface area contributed by atoms with E-state index in [1.807, 2.05) is 39.0 Å². The molecule has 0 spiro atoms. The molecule has 0 N–H and O–H groups in total. The first-order valence-electron chi connectivity index (χ1n) is 6.70. The van der Waals surface area contributed by atoms with Gasteiger partial charge in [0, 0.05) is 11.3 Å². The maximum atomic E-state index is 8.81. The molecule has 5 heteroatoms. The molecule has 3 rings (SSSR count). The first-order chi connectivity index (χ1) is 10.2. The quantitative estimate of drug-likeness (QED) is 0.659. The lowest BCUT2D eigenvalue weighted by Crippen LogP contribution is -1.97. The van der Waals surface area contributed by atoms with Gasteiger partial charge in [-0.3, -0.25) is 0 Å². The summed E-state index contributed by atoms with van der Waals surface area (Å²) in [6.45, 7) is 5.99. The summed E-state index contributed by atoms with van der Waals surface area (Å²) < 4.78 is 2.66. The SMILES string of the molecule is CC.Cc1cc(-c2ccc(C#N)cc2)nc2c(Br)cnn12. The summed E-state index contributed by atoms with van der Waals surface area (Å²) in [4.78, 5) is 4.59. The van der Waals surface area contributed by atoms with Gasteiger partial charge in [-0.15, -0.1) is 0 Å². The van der Waals surface area contributed by atoms with Gasteiger partial charge in [0.15, 0.2) is 5.65 Å². The van der Waals surface area contributed by atoms with Crippen molar-refractivity contribution in [1.82, 2.24) is 14.6 Å². The zero-order valence-electron chi connectivity index (χ0n) is 12.1. The lowest BCUT2D eigenvalue weighted by molar-refractivity contribution is 0.896. The normalized spacial score (nSPS) is 9.86. The van der Waals surface area contributed by atoms with Gasteiger partial charge < -0.3 is 0 Å². The van der Waals surface area contributed by atoms with Crippen LogP contribution in [-0.2, 0) is 0 Å². The number of fused-ring (bicyclic) bond motifs is 1. The Morgan fingerprint density at radius 1 is 1.19 bits per heavy atom. The molecular formula is C16H15BrN4. The van der Waals surface area contributed by atoms with Gasteiger partial charge in [0.05, 0.1) is 28.0 Å². The summed E-state index contributed by atoms with van der Waals surface area (Å²) in [5, 5.41) is 13.1. The Hall–Kier alpha value is -2.19. The molecule has 0 aliphatic carbocycles. The number of aromatic nitrogens is 3. The molecule has 4 nitrogen and oxygen atoms in total. The molecule has 0 aliphatic heterocycles. The molecule has 3 aromatic rings. The van der Waals surface area contributed by atoms with E-state index in [0.29, 0.717) is 5.56 Å². The van der Waals surface area contributed by atoms with Crippen LogP contribution >= 0.6 is 15.9 Å². The first kappa shape index (κ1) is 15.2. The number of rotatable bonds is 1. The van der Waals surface area contributed by atoms with Crippen molar-refractivity contribution in [2.24, 2.45) is 0 Å². The molecule has 0 fully saturated rings. The highest BCUT2D eigenvalue weighted by Gasteiger charge is 2.08. The highest BCUT2D eigenvalue weighted by Crippen LogP contribution is 2.23. The second-order valence-corrected chi connectivity index (χ2v) is 5.05. The molecule has 0 unspecified atom stereocenters. The van der Waals surface area contributed by atoms with Gasteiger partial charge in [0.1, 0.15) is 0 Å². The van der Waals surface area contributed by atoms with Crippen LogP contribution in [0.1, 0.15) is 25.1 Å². The van der Waals surface area contributed by atoms with E-state index in [-0.39, 0.29) is 0 Å². The number of nitrogens with zero attached hydrogens (tertiary/aromatic N) is 4. The van der Waals surface area contributed by atoms with Crippen LogP contribution in [0.4, 0.5) is 0 Å². The van der Waals surface area contributed by atoms with Crippen LogP contribution in [0, 0.1) is 18.3 Å². The smallest absolute Gasteiger partial charge is 0.170 e. The molecular weight excluding hydrogens is 328 g/mol. The molecule has 0 saturated heterocycles. The van der Waals surface area contributed by atoms with E-state index in [2.05, 4.69) is 32.1 Å². The molecule has 0 atom stereocenters. The minimum Gasteiger partial charge on any atom is -0.227 e. The molecule has 0 aliphatic rings. The third kappa shape index (κ3) is 2.96. The Morgan fingerprint density at radius 3 is 2.48 bits per heavy atom. The molecule has 21 heavy (non-hydrogen) atoms. The highest BCUT2D eigenvalue weighted by molar-refractivity contribution is 9.10. The van der Waals surface area contributed by atoms with E-state index in [4.69, 9.17) is 5.26 Å². The fourth-order valence-corrected chi connectivity index (χ4v) is 2.30. The maximum absolute atomic E-state index is 8.81. The molecule has 1 aromatic carbocycles. The van der Waals surface area contributed by atoms with E-state index >= 15 is 0 Å². The van der Waals surface area contributed by atoms with Crippen molar-refractivity contribution in [1.29, 1.82) is 5.26 Å². The predicted molar refractivity (Wildman–Crippen MR) is 86.9 cm³/mol. The number of hydrogen-bond acceptors (Lipinski definition) is 3. The average Bonchev–Trinajstić information content (AvgIpc) is 2.91. The van der Waals surface area contributed by atoms with E-state index < -0.39 is 0 Å². The Bertz CT molecular complexity index is 797. The summed E-state index contributed by atoms with van der Waals surface area (Å²) in [6.07, 6.45) is 1.73. The van der Waals surface area contributed by atoms with Crippen LogP contribution in [0.25, 0.3) is 16.9 Å². The summed E-state index contributed by atoms with van der Waals surface area (Å²) >= 11 is 3.44. The third-order valence-electron chi connectivity index (χ3n) is 2.92. The zero-order chi connectivity index (χ0) is 15.4. The summed E-state index contributed by atoms with van der Waals surface area (Å²) in [5.41, 5.74) is 4.30. The monoisotopic (exact) mass is 342 g/mol. The predicted octanol–water partition coefficient (Wildman–Crippen LogP) is 4.37. The zero-order valence-corrected chi connectivity index (χ0v) is 13.7. The third-order valence-corrected chi connectivity index (χ3v) is 3.48. The minimum atomic E-state index is 0.645. The van der Waals surface area contributed by atoms with Gasteiger partial charge in [-0.25, -0.2) is 9.50 Å². The molecule has 106 valence electrons. The number of benzene rings is 1. The topological polar surface area (TPSA) is 54.0 Å². The van der Waals surface area contributed by atoms with Crippen LogP contribution in [0.2, 0.25) is 0 Å². The van der Waals surface area contributed by atoms with Gasteiger partial charge in [0.25, 0.3) is 0 Å². The second kappa shape index (κ2) is 6.51. The van der Waals surface area contributed by atoms with E-state index in [0.717, 1.165) is 27.1 Å². The number of aryl methyl sites for hydroxylation is 1. The van der Waals surface area contributed by atoms with Crippen molar-refractivity contribution in [3.05, 3.63) is 52.3 Å².